The van der Waals surface area contributed by atoms with Crippen molar-refractivity contribution >= 4 is 13.7 Å². The number of nitrogens with one attached hydrogen (secondary N) is 1. The molecule has 1 atom stereocenters. The number of amides is 1. The van der Waals surface area contributed by atoms with Crippen LogP contribution >= 0.6 is 7.82 Å². The van der Waals surface area contributed by atoms with Gasteiger partial charge in [0, 0.05) is 6.54 Å². The molecule has 1 amide bonds. The second kappa shape index (κ2) is 9.47. The summed E-state index contributed by atoms with van der Waals surface area (Å²) < 4.78 is 21.2. The van der Waals surface area contributed by atoms with E-state index in [4.69, 9.17) is 4.89 Å². The molecule has 120 valence electrons. The van der Waals surface area contributed by atoms with Crippen molar-refractivity contribution in [2.75, 3.05) is 46.9 Å². The van der Waals surface area contributed by atoms with Gasteiger partial charge in [0.15, 0.2) is 0 Å². The van der Waals surface area contributed by atoms with Crippen molar-refractivity contribution in [1.29, 1.82) is 0 Å². The van der Waals surface area contributed by atoms with Crippen molar-refractivity contribution < 1.29 is 27.8 Å². The van der Waals surface area contributed by atoms with Gasteiger partial charge in [-0.1, -0.05) is 6.92 Å². The number of hydrogen-bond acceptors (Lipinski definition) is 4. The summed E-state index contributed by atoms with van der Waals surface area (Å²) in [5, 5.41) is 2.65. The summed E-state index contributed by atoms with van der Waals surface area (Å²) >= 11 is 0. The summed E-state index contributed by atoms with van der Waals surface area (Å²) in [5.74, 6) is -0.0833. The summed E-state index contributed by atoms with van der Waals surface area (Å²) in [7, 11) is 0.217. The number of quaternary nitrogens is 1. The zero-order chi connectivity index (χ0) is 15.6. The Labute approximate surface area is 121 Å². The molecular weight excluding hydrogens is 283 g/mol. The maximum absolute atomic E-state index is 11.6. The highest BCUT2D eigenvalue weighted by atomic mass is 31.2. The first-order valence-electron chi connectivity index (χ1n) is 6.93. The Bertz CT molecular complexity index is 336. The number of rotatable bonds is 11. The molecule has 2 N–H and O–H groups in total. The lowest BCUT2D eigenvalue weighted by Gasteiger charge is -2.29. The third kappa shape index (κ3) is 10.3. The minimum absolute atomic E-state index is 0.0489. The van der Waals surface area contributed by atoms with Gasteiger partial charge in [0.2, 0.25) is 5.91 Å². The molecule has 0 saturated carbocycles. The normalized spacial score (nSPS) is 14.8. The Kier molecular flexibility index (Phi) is 9.25. The van der Waals surface area contributed by atoms with Crippen molar-refractivity contribution in [3.63, 3.8) is 0 Å². The SMILES string of the molecule is CCC[N+](C)(C)CCC(=O)NCCOP(=O)(O)OCC. The molecule has 0 heterocycles. The lowest BCUT2D eigenvalue weighted by Crippen LogP contribution is -2.43. The average molecular weight is 311 g/mol. The van der Waals surface area contributed by atoms with Gasteiger partial charge in [-0.3, -0.25) is 13.8 Å². The maximum Gasteiger partial charge on any atom is 0.472 e. The van der Waals surface area contributed by atoms with E-state index in [-0.39, 0.29) is 25.7 Å². The van der Waals surface area contributed by atoms with Crippen LogP contribution in [-0.4, -0.2) is 62.2 Å². The Morgan fingerprint density at radius 1 is 1.25 bits per heavy atom. The Hall–Kier alpha value is -0.460. The van der Waals surface area contributed by atoms with Crippen LogP contribution in [0.5, 0.6) is 0 Å². The lowest BCUT2D eigenvalue weighted by molar-refractivity contribution is -0.889. The molecule has 0 aromatic rings. The molecule has 0 fully saturated rings. The van der Waals surface area contributed by atoms with Crippen molar-refractivity contribution in [2.24, 2.45) is 0 Å². The monoisotopic (exact) mass is 311 g/mol. The smallest absolute Gasteiger partial charge is 0.354 e. The highest BCUT2D eigenvalue weighted by molar-refractivity contribution is 7.47. The standard InChI is InChI=1S/C12H27N2O5P/c1-5-9-14(3,4)10-7-12(15)13-8-11-19-20(16,17)18-6-2/h5-11H2,1-4H3,(H-,13,15,16,17)/p+1. The third-order valence-corrected chi connectivity index (χ3v) is 3.84. The molecule has 0 aliphatic heterocycles. The zero-order valence-corrected chi connectivity index (χ0v) is 13.8. The fourth-order valence-corrected chi connectivity index (χ4v) is 2.48. The number of carbonyl (C=O) groups excluding carboxylic acids is 1. The van der Waals surface area contributed by atoms with Crippen molar-refractivity contribution in [1.82, 2.24) is 5.32 Å². The first-order chi connectivity index (χ1) is 9.22. The van der Waals surface area contributed by atoms with Crippen molar-refractivity contribution in [2.45, 2.75) is 26.7 Å². The number of nitrogens with zero attached hydrogens (tertiary/aromatic N) is 1. The quantitative estimate of drug-likeness (QED) is 0.339. The van der Waals surface area contributed by atoms with Gasteiger partial charge in [-0.05, 0) is 13.3 Å². The molecule has 0 saturated heterocycles. The number of hydrogen-bond donors (Lipinski definition) is 2. The van der Waals surface area contributed by atoms with Gasteiger partial charge in [-0.25, -0.2) is 4.57 Å². The van der Waals surface area contributed by atoms with E-state index in [1.54, 1.807) is 6.92 Å². The fraction of sp³-hybridized carbons (Fsp3) is 0.917. The Morgan fingerprint density at radius 2 is 1.90 bits per heavy atom. The molecule has 0 radical (unpaired) electrons. The molecule has 0 aromatic carbocycles. The third-order valence-electron chi connectivity index (χ3n) is 2.74. The minimum atomic E-state index is -3.96. The maximum atomic E-state index is 11.6. The molecule has 0 spiro atoms. The molecule has 7 nitrogen and oxygen atoms in total. The first-order valence-corrected chi connectivity index (χ1v) is 8.42. The van der Waals surface area contributed by atoms with Crippen LogP contribution < -0.4 is 5.32 Å². The Morgan fingerprint density at radius 3 is 2.45 bits per heavy atom. The first kappa shape index (κ1) is 19.5. The lowest BCUT2D eigenvalue weighted by atomic mass is 10.3. The molecule has 0 aromatic heterocycles. The number of carbonyl (C=O) groups is 1. The van der Waals surface area contributed by atoms with Crippen molar-refractivity contribution in [3.05, 3.63) is 0 Å². The predicted molar refractivity (Wildman–Crippen MR) is 77.2 cm³/mol. The van der Waals surface area contributed by atoms with Gasteiger partial charge in [-0.15, -0.1) is 0 Å². The van der Waals surface area contributed by atoms with E-state index in [0.29, 0.717) is 6.42 Å². The summed E-state index contributed by atoms with van der Waals surface area (Å²) in [6.07, 6.45) is 1.50. The van der Waals surface area contributed by atoms with E-state index in [2.05, 4.69) is 35.4 Å². The summed E-state index contributed by atoms with van der Waals surface area (Å²) in [4.78, 5) is 20.7. The summed E-state index contributed by atoms with van der Waals surface area (Å²) in [5.41, 5.74) is 0. The Balaban J connectivity index is 3.77. The van der Waals surface area contributed by atoms with Gasteiger partial charge in [0.1, 0.15) is 0 Å². The molecule has 0 rings (SSSR count). The van der Waals surface area contributed by atoms with E-state index in [1.165, 1.54) is 0 Å². The summed E-state index contributed by atoms with van der Waals surface area (Å²) in [6.45, 7) is 5.75. The second-order valence-corrected chi connectivity index (χ2v) is 6.66. The van der Waals surface area contributed by atoms with Crippen LogP contribution in [0.25, 0.3) is 0 Å². The van der Waals surface area contributed by atoms with Crippen LogP contribution in [0.3, 0.4) is 0 Å². The van der Waals surface area contributed by atoms with Crippen LogP contribution in [0.15, 0.2) is 0 Å². The largest absolute Gasteiger partial charge is 0.472 e. The second-order valence-electron chi connectivity index (χ2n) is 5.20. The van der Waals surface area contributed by atoms with Gasteiger partial charge in [-0.2, -0.15) is 0 Å². The summed E-state index contributed by atoms with van der Waals surface area (Å²) in [6, 6.07) is 0. The van der Waals surface area contributed by atoms with E-state index >= 15 is 0 Å². The molecular formula is C12H28N2O5P+. The highest BCUT2D eigenvalue weighted by Gasteiger charge is 2.19. The predicted octanol–water partition coefficient (Wildman–Crippen LogP) is 1.13. The van der Waals surface area contributed by atoms with E-state index in [9.17, 15) is 9.36 Å². The van der Waals surface area contributed by atoms with Crippen LogP contribution in [0.2, 0.25) is 0 Å². The minimum Gasteiger partial charge on any atom is -0.354 e. The number of phosphoric ester groups is 1. The zero-order valence-electron chi connectivity index (χ0n) is 12.9. The van der Waals surface area contributed by atoms with Gasteiger partial charge in [0.25, 0.3) is 0 Å². The van der Waals surface area contributed by atoms with Gasteiger partial charge >= 0.3 is 7.82 Å². The van der Waals surface area contributed by atoms with Crippen LogP contribution in [0.1, 0.15) is 26.7 Å². The number of phosphoric acid groups is 1. The topological polar surface area (TPSA) is 84.9 Å². The van der Waals surface area contributed by atoms with E-state index in [0.717, 1.165) is 24.0 Å². The molecule has 20 heavy (non-hydrogen) atoms. The van der Waals surface area contributed by atoms with Crippen LogP contribution in [-0.2, 0) is 18.4 Å². The van der Waals surface area contributed by atoms with Gasteiger partial charge in [0.05, 0.1) is 46.8 Å². The van der Waals surface area contributed by atoms with Crippen molar-refractivity contribution in [3.8, 4) is 0 Å². The molecule has 0 aliphatic carbocycles. The van der Waals surface area contributed by atoms with E-state index < -0.39 is 7.82 Å². The molecule has 1 unspecified atom stereocenters. The van der Waals surface area contributed by atoms with E-state index in [1.807, 2.05) is 0 Å². The highest BCUT2D eigenvalue weighted by Crippen LogP contribution is 2.42. The van der Waals surface area contributed by atoms with Crippen LogP contribution in [0, 0.1) is 0 Å². The fourth-order valence-electron chi connectivity index (χ4n) is 1.76. The van der Waals surface area contributed by atoms with Gasteiger partial charge < -0.3 is 14.7 Å². The molecule has 0 aliphatic rings. The molecule has 0 bridgehead atoms. The average Bonchev–Trinajstić information content (AvgIpc) is 2.32. The molecule has 8 heteroatoms. The van der Waals surface area contributed by atoms with Crippen LogP contribution in [0.4, 0.5) is 0 Å².